The van der Waals surface area contributed by atoms with Crippen molar-refractivity contribution < 1.29 is 41.4 Å². The number of carbonyl (C=O) groups is 1. The van der Waals surface area contributed by atoms with Crippen LogP contribution >= 0.6 is 11.3 Å². The topological polar surface area (TPSA) is 96.2 Å². The Morgan fingerprint density at radius 1 is 1.15 bits per heavy atom. The SMILES string of the molecule is COC(=O)c1cc(OC(F)(F)F)c2nc(N3C[C@@H]4C[C@H]3C[C@H]4OCc3c(C4CCOCC4)noc3C3CC3)sc2c1. The van der Waals surface area contributed by atoms with E-state index in [0.29, 0.717) is 34.8 Å². The number of alkyl halides is 3. The second-order valence-corrected chi connectivity index (χ2v) is 12.3. The molecule has 2 bridgehead atoms. The van der Waals surface area contributed by atoms with E-state index in [-0.39, 0.29) is 29.1 Å². The molecule has 220 valence electrons. The van der Waals surface area contributed by atoms with Gasteiger partial charge in [-0.1, -0.05) is 16.5 Å². The van der Waals surface area contributed by atoms with Gasteiger partial charge < -0.3 is 28.4 Å². The van der Waals surface area contributed by atoms with E-state index in [9.17, 15) is 18.0 Å². The Labute approximate surface area is 237 Å². The molecule has 0 N–H and O–H groups in total. The normalized spacial score (nSPS) is 24.9. The van der Waals surface area contributed by atoms with E-state index < -0.39 is 18.1 Å². The molecule has 2 aromatic heterocycles. The minimum Gasteiger partial charge on any atom is -0.465 e. The molecule has 0 radical (unpaired) electrons. The number of anilines is 1. The molecule has 2 aliphatic carbocycles. The first-order valence-electron chi connectivity index (χ1n) is 14.0. The van der Waals surface area contributed by atoms with E-state index in [0.717, 1.165) is 74.8 Å². The monoisotopic (exact) mass is 593 g/mol. The third-order valence-corrected chi connectivity index (χ3v) is 9.70. The molecule has 4 heterocycles. The fourth-order valence-electron chi connectivity index (χ4n) is 6.52. The zero-order valence-electron chi connectivity index (χ0n) is 22.4. The lowest BCUT2D eigenvalue weighted by atomic mass is 9.92. The van der Waals surface area contributed by atoms with Crippen LogP contribution in [-0.4, -0.2) is 61.5 Å². The molecule has 4 aliphatic rings. The van der Waals surface area contributed by atoms with Gasteiger partial charge in [0.25, 0.3) is 0 Å². The second-order valence-electron chi connectivity index (χ2n) is 11.3. The third kappa shape index (κ3) is 5.27. The molecule has 4 fully saturated rings. The number of fused-ring (bicyclic) bond motifs is 3. The van der Waals surface area contributed by atoms with Crippen molar-refractivity contribution in [2.45, 2.75) is 75.5 Å². The van der Waals surface area contributed by atoms with Crippen LogP contribution < -0.4 is 9.64 Å². The van der Waals surface area contributed by atoms with E-state index in [1.165, 1.54) is 24.5 Å². The van der Waals surface area contributed by atoms with Crippen molar-refractivity contribution >= 4 is 32.7 Å². The maximum atomic E-state index is 13.1. The van der Waals surface area contributed by atoms with Gasteiger partial charge in [0.05, 0.1) is 35.8 Å². The van der Waals surface area contributed by atoms with Crippen LogP contribution in [0.5, 0.6) is 5.75 Å². The van der Waals surface area contributed by atoms with Gasteiger partial charge in [-0.25, -0.2) is 9.78 Å². The summed E-state index contributed by atoms with van der Waals surface area (Å²) in [5.74, 6) is 0.776. The van der Waals surface area contributed by atoms with Crippen LogP contribution in [0.1, 0.15) is 77.7 Å². The first kappa shape index (κ1) is 27.0. The van der Waals surface area contributed by atoms with Gasteiger partial charge in [0.2, 0.25) is 0 Å². The van der Waals surface area contributed by atoms with Crippen LogP contribution in [0.2, 0.25) is 0 Å². The van der Waals surface area contributed by atoms with Crippen molar-refractivity contribution in [2.75, 3.05) is 31.8 Å². The van der Waals surface area contributed by atoms with Gasteiger partial charge >= 0.3 is 12.3 Å². The standard InChI is InChI=1S/C28H30F3N3O6S/c1-36-26(35)16-9-21(39-28(29,30)31)24-22(10-16)41-27(32-24)34-12-17-8-18(34)11-20(17)38-13-19-23(14-4-6-37-7-5-14)33-40-25(19)15-2-3-15/h9-10,14-15,17-18,20H,2-8,11-13H2,1H3/t17-,18-,20+/m0/s1. The Hall–Kier alpha value is -2.90. The minimum absolute atomic E-state index is 0.0229. The Balaban J connectivity index is 1.07. The molecule has 3 aromatic rings. The molecular weight excluding hydrogens is 563 g/mol. The Morgan fingerprint density at radius 2 is 1.95 bits per heavy atom. The average Bonchev–Trinajstić information content (AvgIpc) is 3.29. The number of thiazole rings is 1. The number of benzene rings is 1. The molecule has 41 heavy (non-hydrogen) atoms. The zero-order valence-corrected chi connectivity index (χ0v) is 23.3. The van der Waals surface area contributed by atoms with Crippen molar-refractivity contribution in [3.63, 3.8) is 0 Å². The predicted molar refractivity (Wildman–Crippen MR) is 141 cm³/mol. The molecule has 0 amide bonds. The van der Waals surface area contributed by atoms with Crippen LogP contribution in [0.15, 0.2) is 16.7 Å². The number of carbonyl (C=O) groups excluding carboxylic acids is 1. The molecule has 2 aliphatic heterocycles. The summed E-state index contributed by atoms with van der Waals surface area (Å²) >= 11 is 1.25. The molecule has 7 rings (SSSR count). The number of halogens is 3. The van der Waals surface area contributed by atoms with Crippen LogP contribution in [-0.2, 0) is 20.8 Å². The highest BCUT2D eigenvalue weighted by Gasteiger charge is 2.47. The molecule has 1 aromatic carbocycles. The average molecular weight is 594 g/mol. The van der Waals surface area contributed by atoms with Gasteiger partial charge in [-0.3, -0.25) is 0 Å². The number of rotatable bonds is 8. The summed E-state index contributed by atoms with van der Waals surface area (Å²) < 4.78 is 66.7. The number of methoxy groups -OCH3 is 1. The van der Waals surface area contributed by atoms with Crippen molar-refractivity contribution in [2.24, 2.45) is 5.92 Å². The summed E-state index contributed by atoms with van der Waals surface area (Å²) in [6.45, 7) is 2.64. The molecule has 9 nitrogen and oxygen atoms in total. The van der Waals surface area contributed by atoms with Crippen molar-refractivity contribution in [1.29, 1.82) is 0 Å². The first-order chi connectivity index (χ1) is 19.8. The maximum Gasteiger partial charge on any atom is 0.573 e. The Bertz CT molecular complexity index is 1450. The summed E-state index contributed by atoms with van der Waals surface area (Å²) in [4.78, 5) is 18.8. The second kappa shape index (κ2) is 10.4. The number of piperidine rings is 1. The van der Waals surface area contributed by atoms with E-state index in [2.05, 4.69) is 19.8 Å². The number of aromatic nitrogens is 2. The lowest BCUT2D eigenvalue weighted by Gasteiger charge is -2.31. The molecule has 2 saturated heterocycles. The number of ether oxygens (including phenoxy) is 4. The van der Waals surface area contributed by atoms with Gasteiger partial charge in [-0.05, 0) is 50.7 Å². The molecule has 2 saturated carbocycles. The molecule has 0 spiro atoms. The first-order valence-corrected chi connectivity index (χ1v) is 14.8. The third-order valence-electron chi connectivity index (χ3n) is 8.66. The summed E-state index contributed by atoms with van der Waals surface area (Å²) in [5.41, 5.74) is 2.19. The highest BCUT2D eigenvalue weighted by Crippen LogP contribution is 2.47. The summed E-state index contributed by atoms with van der Waals surface area (Å²) in [6.07, 6.45) is 0.997. The lowest BCUT2D eigenvalue weighted by molar-refractivity contribution is -0.274. The van der Waals surface area contributed by atoms with Crippen LogP contribution in [0.25, 0.3) is 10.2 Å². The summed E-state index contributed by atoms with van der Waals surface area (Å²) in [7, 11) is 1.18. The quantitative estimate of drug-likeness (QED) is 0.295. The maximum absolute atomic E-state index is 13.1. The lowest BCUT2D eigenvalue weighted by Crippen LogP contribution is -2.38. The molecule has 3 atom stereocenters. The number of esters is 1. The van der Waals surface area contributed by atoms with Crippen LogP contribution in [0.4, 0.5) is 18.3 Å². The van der Waals surface area contributed by atoms with Crippen LogP contribution in [0, 0.1) is 5.92 Å². The van der Waals surface area contributed by atoms with Gasteiger partial charge in [0, 0.05) is 49.1 Å². The minimum atomic E-state index is -4.92. The van der Waals surface area contributed by atoms with Gasteiger partial charge in [0.15, 0.2) is 10.9 Å². The van der Waals surface area contributed by atoms with E-state index in [1.54, 1.807) is 0 Å². The van der Waals surface area contributed by atoms with Gasteiger partial charge in [-0.15, -0.1) is 13.2 Å². The number of hydrogen-bond donors (Lipinski definition) is 0. The smallest absolute Gasteiger partial charge is 0.465 e. The van der Waals surface area contributed by atoms with Crippen molar-refractivity contribution in [3.8, 4) is 5.75 Å². The van der Waals surface area contributed by atoms with Gasteiger partial charge in [-0.2, -0.15) is 0 Å². The predicted octanol–water partition coefficient (Wildman–Crippen LogP) is 5.92. The molecule has 13 heteroatoms. The molecule has 0 unspecified atom stereocenters. The van der Waals surface area contributed by atoms with E-state index in [1.807, 2.05) is 0 Å². The fraction of sp³-hybridized carbons (Fsp3) is 0.607. The summed E-state index contributed by atoms with van der Waals surface area (Å²) in [6, 6.07) is 2.69. The number of nitrogens with zero attached hydrogens (tertiary/aromatic N) is 3. The van der Waals surface area contributed by atoms with E-state index in [4.69, 9.17) is 18.7 Å². The zero-order chi connectivity index (χ0) is 28.3. The number of hydrogen-bond acceptors (Lipinski definition) is 10. The van der Waals surface area contributed by atoms with Crippen molar-refractivity contribution in [1.82, 2.24) is 10.1 Å². The summed E-state index contributed by atoms with van der Waals surface area (Å²) in [5, 5.41) is 5.09. The van der Waals surface area contributed by atoms with Gasteiger partial charge in [0.1, 0.15) is 11.3 Å². The van der Waals surface area contributed by atoms with E-state index >= 15 is 0 Å². The Morgan fingerprint density at radius 3 is 2.63 bits per heavy atom. The highest BCUT2D eigenvalue weighted by atomic mass is 32.1. The van der Waals surface area contributed by atoms with Crippen molar-refractivity contribution in [3.05, 3.63) is 34.7 Å². The fourth-order valence-corrected chi connectivity index (χ4v) is 7.62. The molecular formula is C28H30F3N3O6S. The largest absolute Gasteiger partial charge is 0.573 e. The Kier molecular flexibility index (Phi) is 6.86. The van der Waals surface area contributed by atoms with Crippen LogP contribution in [0.3, 0.4) is 0 Å². The highest BCUT2D eigenvalue weighted by molar-refractivity contribution is 7.22.